The minimum absolute atomic E-state index is 0.00700. The Bertz CT molecular complexity index is 856. The summed E-state index contributed by atoms with van der Waals surface area (Å²) in [5, 5.41) is 0. The summed E-state index contributed by atoms with van der Waals surface area (Å²) < 4.78 is 24.9. The van der Waals surface area contributed by atoms with Crippen LogP contribution in [0, 0.1) is 5.82 Å². The molecule has 0 spiro atoms. The van der Waals surface area contributed by atoms with Crippen LogP contribution in [-0.2, 0) is 4.79 Å². The van der Waals surface area contributed by atoms with E-state index in [0.29, 0.717) is 30.0 Å². The molecular formula is C20H21FN2O4. The molecule has 7 heteroatoms. The third-order valence-corrected chi connectivity index (χ3v) is 4.50. The van der Waals surface area contributed by atoms with Gasteiger partial charge in [0.15, 0.2) is 11.5 Å². The molecule has 2 aromatic rings. The van der Waals surface area contributed by atoms with Crippen molar-refractivity contribution in [3.05, 3.63) is 53.8 Å². The predicted molar refractivity (Wildman–Crippen MR) is 98.6 cm³/mol. The van der Waals surface area contributed by atoms with Crippen LogP contribution in [0.2, 0.25) is 0 Å². The van der Waals surface area contributed by atoms with Crippen molar-refractivity contribution in [1.82, 2.24) is 4.90 Å². The van der Waals surface area contributed by atoms with Crippen LogP contribution < -0.4 is 14.4 Å². The number of carbonyl (C=O) groups is 2. The van der Waals surface area contributed by atoms with Crippen LogP contribution in [0.15, 0.2) is 42.5 Å². The van der Waals surface area contributed by atoms with Crippen LogP contribution in [0.4, 0.5) is 10.1 Å². The molecule has 0 aliphatic carbocycles. The molecule has 1 fully saturated rings. The standard InChI is InChI=1S/C20H21FN2O4/c1-26-17-10-9-14(12-18(17)27-2)20(25)23(13-22-11-5-8-19(22)24)16-7-4-3-6-15(16)21/h3-4,6-7,9-10,12H,5,8,11,13H2,1-2H3. The summed E-state index contributed by atoms with van der Waals surface area (Å²) in [6, 6.07) is 10.8. The maximum Gasteiger partial charge on any atom is 0.259 e. The van der Waals surface area contributed by atoms with Crippen molar-refractivity contribution in [1.29, 1.82) is 0 Å². The smallest absolute Gasteiger partial charge is 0.259 e. The van der Waals surface area contributed by atoms with Gasteiger partial charge in [-0.3, -0.25) is 14.5 Å². The molecule has 1 heterocycles. The van der Waals surface area contributed by atoms with E-state index in [4.69, 9.17) is 9.47 Å². The Kier molecular flexibility index (Phi) is 5.59. The first-order chi connectivity index (χ1) is 13.0. The monoisotopic (exact) mass is 372 g/mol. The molecule has 2 aromatic carbocycles. The average molecular weight is 372 g/mol. The quantitative estimate of drug-likeness (QED) is 0.782. The Morgan fingerprint density at radius 1 is 1.15 bits per heavy atom. The second-order valence-electron chi connectivity index (χ2n) is 6.16. The zero-order valence-corrected chi connectivity index (χ0v) is 15.3. The summed E-state index contributed by atoms with van der Waals surface area (Å²) in [5.41, 5.74) is 0.430. The van der Waals surface area contributed by atoms with Crippen LogP contribution in [0.3, 0.4) is 0 Å². The molecule has 1 aliphatic rings. The second-order valence-corrected chi connectivity index (χ2v) is 6.16. The lowest BCUT2D eigenvalue weighted by molar-refractivity contribution is -0.127. The molecule has 0 N–H and O–H groups in total. The first kappa shape index (κ1) is 18.7. The molecule has 142 valence electrons. The molecule has 0 bridgehead atoms. The zero-order valence-electron chi connectivity index (χ0n) is 15.3. The first-order valence-corrected chi connectivity index (χ1v) is 8.61. The zero-order chi connectivity index (χ0) is 19.4. The van der Waals surface area contributed by atoms with Gasteiger partial charge >= 0.3 is 0 Å². The number of nitrogens with zero attached hydrogens (tertiary/aromatic N) is 2. The minimum atomic E-state index is -0.530. The molecule has 0 atom stereocenters. The number of ether oxygens (including phenoxy) is 2. The molecule has 0 aromatic heterocycles. The average Bonchev–Trinajstić information content (AvgIpc) is 3.10. The minimum Gasteiger partial charge on any atom is -0.493 e. The molecule has 0 radical (unpaired) electrons. The topological polar surface area (TPSA) is 59.1 Å². The maximum absolute atomic E-state index is 14.4. The number of amides is 2. The van der Waals surface area contributed by atoms with E-state index in [2.05, 4.69) is 0 Å². The highest BCUT2D eigenvalue weighted by Gasteiger charge is 2.28. The van der Waals surface area contributed by atoms with Crippen molar-refractivity contribution in [2.75, 3.05) is 32.3 Å². The fourth-order valence-corrected chi connectivity index (χ4v) is 3.07. The van der Waals surface area contributed by atoms with Crippen molar-refractivity contribution in [3.8, 4) is 11.5 Å². The van der Waals surface area contributed by atoms with E-state index in [0.717, 1.165) is 6.42 Å². The van der Waals surface area contributed by atoms with Crippen molar-refractivity contribution < 1.29 is 23.5 Å². The van der Waals surface area contributed by atoms with Crippen molar-refractivity contribution in [2.24, 2.45) is 0 Å². The number of hydrogen-bond donors (Lipinski definition) is 0. The predicted octanol–water partition coefficient (Wildman–Crippen LogP) is 3.07. The molecule has 1 saturated heterocycles. The lowest BCUT2D eigenvalue weighted by Crippen LogP contribution is -2.42. The van der Waals surface area contributed by atoms with E-state index in [-0.39, 0.29) is 18.3 Å². The summed E-state index contributed by atoms with van der Waals surface area (Å²) in [4.78, 5) is 28.0. The number of likely N-dealkylation sites (tertiary alicyclic amines) is 1. The van der Waals surface area contributed by atoms with Crippen LogP contribution in [0.5, 0.6) is 11.5 Å². The molecule has 2 amide bonds. The lowest BCUT2D eigenvalue weighted by Gasteiger charge is -2.28. The van der Waals surface area contributed by atoms with Crippen LogP contribution in [0.1, 0.15) is 23.2 Å². The molecule has 0 saturated carbocycles. The number of halogens is 1. The van der Waals surface area contributed by atoms with E-state index < -0.39 is 11.7 Å². The van der Waals surface area contributed by atoms with Gasteiger partial charge in [-0.1, -0.05) is 12.1 Å². The van der Waals surface area contributed by atoms with Crippen LogP contribution in [-0.4, -0.2) is 44.1 Å². The van der Waals surface area contributed by atoms with Crippen LogP contribution >= 0.6 is 0 Å². The highest BCUT2D eigenvalue weighted by Crippen LogP contribution is 2.29. The summed E-state index contributed by atoms with van der Waals surface area (Å²) in [6.07, 6.45) is 1.17. The van der Waals surface area contributed by atoms with E-state index in [1.54, 1.807) is 35.2 Å². The Morgan fingerprint density at radius 3 is 2.52 bits per heavy atom. The number of anilines is 1. The number of para-hydroxylation sites is 1. The Morgan fingerprint density at radius 2 is 1.89 bits per heavy atom. The Labute approximate surface area is 157 Å². The van der Waals surface area contributed by atoms with Gasteiger partial charge in [-0.05, 0) is 36.8 Å². The number of rotatable bonds is 6. The Hall–Kier alpha value is -3.09. The molecule has 6 nitrogen and oxygen atoms in total. The van der Waals surface area contributed by atoms with Gasteiger partial charge in [0.1, 0.15) is 12.5 Å². The van der Waals surface area contributed by atoms with Gasteiger partial charge in [0.2, 0.25) is 5.91 Å². The third kappa shape index (κ3) is 3.86. The molecule has 27 heavy (non-hydrogen) atoms. The molecule has 0 unspecified atom stereocenters. The van der Waals surface area contributed by atoms with Gasteiger partial charge in [0.05, 0.1) is 19.9 Å². The van der Waals surface area contributed by atoms with Crippen molar-refractivity contribution >= 4 is 17.5 Å². The normalized spacial score (nSPS) is 13.6. The maximum atomic E-state index is 14.4. The largest absolute Gasteiger partial charge is 0.493 e. The van der Waals surface area contributed by atoms with Gasteiger partial charge in [-0.2, -0.15) is 0 Å². The van der Waals surface area contributed by atoms with Gasteiger partial charge in [0.25, 0.3) is 5.91 Å². The highest BCUT2D eigenvalue weighted by molar-refractivity contribution is 6.06. The molecule has 3 rings (SSSR count). The fraction of sp³-hybridized carbons (Fsp3) is 0.300. The van der Waals surface area contributed by atoms with Crippen LogP contribution in [0.25, 0.3) is 0 Å². The summed E-state index contributed by atoms with van der Waals surface area (Å²) in [6.45, 7) is 0.538. The van der Waals surface area contributed by atoms with E-state index in [9.17, 15) is 14.0 Å². The highest BCUT2D eigenvalue weighted by atomic mass is 19.1. The van der Waals surface area contributed by atoms with E-state index >= 15 is 0 Å². The number of methoxy groups -OCH3 is 2. The number of carbonyl (C=O) groups excluding carboxylic acids is 2. The SMILES string of the molecule is COc1ccc(C(=O)N(CN2CCCC2=O)c2ccccc2F)cc1OC. The third-order valence-electron chi connectivity index (χ3n) is 4.50. The van der Waals surface area contributed by atoms with E-state index in [1.165, 1.54) is 31.3 Å². The number of hydrogen-bond acceptors (Lipinski definition) is 4. The van der Waals surface area contributed by atoms with Gasteiger partial charge in [0, 0.05) is 18.5 Å². The second kappa shape index (κ2) is 8.07. The van der Waals surface area contributed by atoms with Crippen molar-refractivity contribution in [2.45, 2.75) is 12.8 Å². The Balaban J connectivity index is 1.98. The van der Waals surface area contributed by atoms with Gasteiger partial charge < -0.3 is 14.4 Å². The van der Waals surface area contributed by atoms with Crippen molar-refractivity contribution in [3.63, 3.8) is 0 Å². The molecule has 1 aliphatic heterocycles. The summed E-state index contributed by atoms with van der Waals surface area (Å²) in [7, 11) is 2.98. The first-order valence-electron chi connectivity index (χ1n) is 8.61. The molecular weight excluding hydrogens is 351 g/mol. The van der Waals surface area contributed by atoms with Gasteiger partial charge in [-0.15, -0.1) is 0 Å². The van der Waals surface area contributed by atoms with E-state index in [1.807, 2.05) is 0 Å². The summed E-state index contributed by atoms with van der Waals surface area (Å²) in [5.74, 6) is -0.120. The lowest BCUT2D eigenvalue weighted by atomic mass is 10.1. The summed E-state index contributed by atoms with van der Waals surface area (Å²) >= 11 is 0. The fourth-order valence-electron chi connectivity index (χ4n) is 3.07. The van der Waals surface area contributed by atoms with Gasteiger partial charge in [-0.25, -0.2) is 4.39 Å². The number of benzene rings is 2.